The third-order valence-electron chi connectivity index (χ3n) is 2.82. The summed E-state index contributed by atoms with van der Waals surface area (Å²) < 4.78 is 2.03. The summed E-state index contributed by atoms with van der Waals surface area (Å²) in [4.78, 5) is 1.44. The Morgan fingerprint density at radius 2 is 2.35 bits per heavy atom. The van der Waals surface area contributed by atoms with Crippen molar-refractivity contribution in [2.75, 3.05) is 0 Å². The first-order valence-electron chi connectivity index (χ1n) is 6.06. The first-order valence-corrected chi connectivity index (χ1v) is 6.94. The molecule has 0 radical (unpaired) electrons. The summed E-state index contributed by atoms with van der Waals surface area (Å²) in [5.41, 5.74) is 1.26. The third kappa shape index (κ3) is 3.41. The van der Waals surface area contributed by atoms with Gasteiger partial charge in [-0.25, -0.2) is 0 Å². The molecule has 0 saturated heterocycles. The maximum atomic E-state index is 4.27. The molecular formula is C13H19N3S. The van der Waals surface area contributed by atoms with Gasteiger partial charge in [-0.05, 0) is 37.8 Å². The van der Waals surface area contributed by atoms with Crippen LogP contribution < -0.4 is 5.32 Å². The normalized spacial score (nSPS) is 12.8. The largest absolute Gasteiger partial charge is 0.308 e. The number of rotatable bonds is 6. The van der Waals surface area contributed by atoms with Gasteiger partial charge < -0.3 is 5.32 Å². The molecule has 2 heterocycles. The van der Waals surface area contributed by atoms with Crippen molar-refractivity contribution in [2.24, 2.45) is 0 Å². The Kier molecular flexibility index (Phi) is 4.34. The SMILES string of the molecule is CCn1nccc1CNC(C)Cc1cccs1. The van der Waals surface area contributed by atoms with E-state index in [1.807, 2.05) is 22.2 Å². The molecule has 92 valence electrons. The Morgan fingerprint density at radius 1 is 1.47 bits per heavy atom. The summed E-state index contributed by atoms with van der Waals surface area (Å²) >= 11 is 1.82. The molecule has 0 aliphatic rings. The first kappa shape index (κ1) is 12.3. The maximum absolute atomic E-state index is 4.27. The second-order valence-corrected chi connectivity index (χ2v) is 5.24. The summed E-state index contributed by atoms with van der Waals surface area (Å²) in [6, 6.07) is 6.88. The van der Waals surface area contributed by atoms with E-state index in [2.05, 4.69) is 47.8 Å². The summed E-state index contributed by atoms with van der Waals surface area (Å²) in [6.45, 7) is 6.17. The van der Waals surface area contributed by atoms with E-state index in [-0.39, 0.29) is 0 Å². The summed E-state index contributed by atoms with van der Waals surface area (Å²) in [5.74, 6) is 0. The summed E-state index contributed by atoms with van der Waals surface area (Å²) in [6.07, 6.45) is 2.96. The molecule has 17 heavy (non-hydrogen) atoms. The van der Waals surface area contributed by atoms with E-state index in [0.29, 0.717) is 6.04 Å². The minimum atomic E-state index is 0.494. The van der Waals surface area contributed by atoms with Crippen molar-refractivity contribution >= 4 is 11.3 Å². The lowest BCUT2D eigenvalue weighted by atomic mass is 10.2. The zero-order valence-corrected chi connectivity index (χ0v) is 11.2. The van der Waals surface area contributed by atoms with Crippen molar-refractivity contribution in [3.63, 3.8) is 0 Å². The van der Waals surface area contributed by atoms with E-state index in [4.69, 9.17) is 0 Å². The molecule has 0 fully saturated rings. The van der Waals surface area contributed by atoms with Gasteiger partial charge in [0.2, 0.25) is 0 Å². The first-order chi connectivity index (χ1) is 8.29. The van der Waals surface area contributed by atoms with Crippen molar-refractivity contribution in [2.45, 2.75) is 39.4 Å². The van der Waals surface area contributed by atoms with Crippen molar-refractivity contribution in [1.82, 2.24) is 15.1 Å². The van der Waals surface area contributed by atoms with Crippen LogP contribution in [0.25, 0.3) is 0 Å². The van der Waals surface area contributed by atoms with Gasteiger partial charge in [-0.2, -0.15) is 5.10 Å². The number of hydrogen-bond acceptors (Lipinski definition) is 3. The molecule has 1 N–H and O–H groups in total. The zero-order valence-electron chi connectivity index (χ0n) is 10.4. The van der Waals surface area contributed by atoms with Gasteiger partial charge in [0, 0.05) is 30.2 Å². The Balaban J connectivity index is 1.82. The van der Waals surface area contributed by atoms with Crippen LogP contribution in [-0.4, -0.2) is 15.8 Å². The lowest BCUT2D eigenvalue weighted by Gasteiger charge is -2.13. The molecule has 0 spiro atoms. The number of nitrogens with one attached hydrogen (secondary N) is 1. The average molecular weight is 249 g/mol. The van der Waals surface area contributed by atoms with Gasteiger partial charge in [0.05, 0.1) is 5.69 Å². The van der Waals surface area contributed by atoms with Crippen molar-refractivity contribution in [3.8, 4) is 0 Å². The number of aromatic nitrogens is 2. The molecule has 2 aromatic rings. The van der Waals surface area contributed by atoms with Gasteiger partial charge in [0.1, 0.15) is 0 Å². The molecular weight excluding hydrogens is 230 g/mol. The van der Waals surface area contributed by atoms with Crippen molar-refractivity contribution < 1.29 is 0 Å². The van der Waals surface area contributed by atoms with Crippen LogP contribution in [-0.2, 0) is 19.5 Å². The smallest absolute Gasteiger partial charge is 0.0522 e. The lowest BCUT2D eigenvalue weighted by Crippen LogP contribution is -2.28. The minimum Gasteiger partial charge on any atom is -0.308 e. The quantitative estimate of drug-likeness (QED) is 0.853. The molecule has 0 bridgehead atoms. The van der Waals surface area contributed by atoms with Gasteiger partial charge in [0.15, 0.2) is 0 Å². The molecule has 3 nitrogen and oxygen atoms in total. The molecule has 1 unspecified atom stereocenters. The van der Waals surface area contributed by atoms with E-state index in [1.165, 1.54) is 10.6 Å². The monoisotopic (exact) mass is 249 g/mol. The van der Waals surface area contributed by atoms with Crippen LogP contribution in [0.3, 0.4) is 0 Å². The second kappa shape index (κ2) is 5.98. The molecule has 0 saturated carbocycles. The Labute approximate surface area is 106 Å². The average Bonchev–Trinajstić information content (AvgIpc) is 2.96. The van der Waals surface area contributed by atoms with Crippen LogP contribution in [0, 0.1) is 0 Å². The topological polar surface area (TPSA) is 29.9 Å². The highest BCUT2D eigenvalue weighted by Crippen LogP contribution is 2.11. The van der Waals surface area contributed by atoms with Crippen molar-refractivity contribution in [1.29, 1.82) is 0 Å². The van der Waals surface area contributed by atoms with Crippen LogP contribution in [0.15, 0.2) is 29.8 Å². The molecule has 0 aliphatic carbocycles. The van der Waals surface area contributed by atoms with Gasteiger partial charge in [-0.15, -0.1) is 11.3 Å². The van der Waals surface area contributed by atoms with Crippen LogP contribution >= 0.6 is 11.3 Å². The van der Waals surface area contributed by atoms with Crippen LogP contribution in [0.4, 0.5) is 0 Å². The van der Waals surface area contributed by atoms with Crippen LogP contribution in [0.2, 0.25) is 0 Å². The Bertz CT molecular complexity index is 433. The molecule has 0 aromatic carbocycles. The van der Waals surface area contributed by atoms with Gasteiger partial charge in [0.25, 0.3) is 0 Å². The predicted octanol–water partition coefficient (Wildman–Crippen LogP) is 2.69. The molecule has 0 aliphatic heterocycles. The fourth-order valence-corrected chi connectivity index (χ4v) is 2.71. The van der Waals surface area contributed by atoms with Crippen molar-refractivity contribution in [3.05, 3.63) is 40.3 Å². The zero-order chi connectivity index (χ0) is 12.1. The highest BCUT2D eigenvalue weighted by atomic mass is 32.1. The number of hydrogen-bond donors (Lipinski definition) is 1. The highest BCUT2D eigenvalue weighted by Gasteiger charge is 2.06. The molecule has 0 amide bonds. The Hall–Kier alpha value is -1.13. The second-order valence-electron chi connectivity index (χ2n) is 4.20. The minimum absolute atomic E-state index is 0.494. The van der Waals surface area contributed by atoms with Crippen LogP contribution in [0.1, 0.15) is 24.4 Å². The fourth-order valence-electron chi connectivity index (χ4n) is 1.88. The number of thiophene rings is 1. The van der Waals surface area contributed by atoms with Crippen LogP contribution in [0.5, 0.6) is 0 Å². The van der Waals surface area contributed by atoms with Gasteiger partial charge in [-0.3, -0.25) is 4.68 Å². The fraction of sp³-hybridized carbons (Fsp3) is 0.462. The highest BCUT2D eigenvalue weighted by molar-refractivity contribution is 7.09. The number of aryl methyl sites for hydroxylation is 1. The molecule has 4 heteroatoms. The standard InChI is InChI=1S/C13H19N3S/c1-3-16-12(6-7-15-16)10-14-11(2)9-13-5-4-8-17-13/h4-8,11,14H,3,9-10H2,1-2H3. The molecule has 2 rings (SSSR count). The van der Waals surface area contributed by atoms with Gasteiger partial charge in [-0.1, -0.05) is 6.07 Å². The Morgan fingerprint density at radius 3 is 3.06 bits per heavy atom. The molecule has 2 aromatic heterocycles. The molecule has 1 atom stereocenters. The summed E-state index contributed by atoms with van der Waals surface area (Å²) in [7, 11) is 0. The van der Waals surface area contributed by atoms with E-state index in [9.17, 15) is 0 Å². The van der Waals surface area contributed by atoms with Gasteiger partial charge >= 0.3 is 0 Å². The number of nitrogens with zero attached hydrogens (tertiary/aromatic N) is 2. The van der Waals surface area contributed by atoms with E-state index in [0.717, 1.165) is 19.5 Å². The van der Waals surface area contributed by atoms with E-state index in [1.54, 1.807) is 0 Å². The third-order valence-corrected chi connectivity index (χ3v) is 3.72. The predicted molar refractivity (Wildman–Crippen MR) is 72.2 cm³/mol. The maximum Gasteiger partial charge on any atom is 0.0522 e. The van der Waals surface area contributed by atoms with E-state index < -0.39 is 0 Å². The lowest BCUT2D eigenvalue weighted by molar-refractivity contribution is 0.516. The van der Waals surface area contributed by atoms with E-state index >= 15 is 0 Å². The summed E-state index contributed by atoms with van der Waals surface area (Å²) in [5, 5.41) is 9.94.